The van der Waals surface area contributed by atoms with Crippen LogP contribution in [0.1, 0.15) is 22.0 Å². The molecule has 1 heterocycles. The number of rotatable bonds is 3. The Hall–Kier alpha value is -1.46. The summed E-state index contributed by atoms with van der Waals surface area (Å²) >= 11 is 0. The third-order valence-corrected chi connectivity index (χ3v) is 1.81. The molecule has 0 saturated carbocycles. The molecule has 5 heteroatoms. The average molecular weight is 196 g/mol. The Bertz CT molecular complexity index is 328. The van der Waals surface area contributed by atoms with Gasteiger partial charge in [0.05, 0.1) is 25.3 Å². The van der Waals surface area contributed by atoms with Gasteiger partial charge < -0.3 is 15.6 Å². The van der Waals surface area contributed by atoms with Crippen molar-refractivity contribution in [2.24, 2.45) is 5.73 Å². The molecule has 0 aliphatic carbocycles. The molecule has 1 aromatic rings. The van der Waals surface area contributed by atoms with E-state index in [1.807, 2.05) is 0 Å². The zero-order valence-corrected chi connectivity index (χ0v) is 7.80. The summed E-state index contributed by atoms with van der Waals surface area (Å²) in [5, 5.41) is 8.81. The number of carbonyl (C=O) groups excluding carboxylic acids is 1. The summed E-state index contributed by atoms with van der Waals surface area (Å²) in [5.74, 6) is -0.468. The monoisotopic (exact) mass is 196 g/mol. The van der Waals surface area contributed by atoms with Crippen LogP contribution in [0.5, 0.6) is 0 Å². The van der Waals surface area contributed by atoms with Gasteiger partial charge in [-0.1, -0.05) is 0 Å². The van der Waals surface area contributed by atoms with E-state index in [9.17, 15) is 4.79 Å². The van der Waals surface area contributed by atoms with Crippen LogP contribution in [0.15, 0.2) is 18.5 Å². The van der Waals surface area contributed by atoms with E-state index in [0.717, 1.165) is 0 Å². The summed E-state index contributed by atoms with van der Waals surface area (Å²) in [6.07, 6.45) is 2.90. The van der Waals surface area contributed by atoms with Gasteiger partial charge in [-0.2, -0.15) is 0 Å². The summed E-state index contributed by atoms with van der Waals surface area (Å²) in [7, 11) is 1.29. The standard InChI is InChI=1S/C9H12N2O3/c1-14-9(13)7-2-6(3-11-4-7)8(10)5-12/h2-4,8,12H,5,10H2,1H3. The van der Waals surface area contributed by atoms with Gasteiger partial charge >= 0.3 is 5.97 Å². The fraction of sp³-hybridized carbons (Fsp3) is 0.333. The molecule has 0 fully saturated rings. The number of hydrogen-bond donors (Lipinski definition) is 2. The Morgan fingerprint density at radius 2 is 2.43 bits per heavy atom. The molecule has 0 aliphatic heterocycles. The number of aliphatic hydroxyl groups is 1. The Morgan fingerprint density at radius 3 is 3.00 bits per heavy atom. The van der Waals surface area contributed by atoms with Crippen LogP contribution in [0.3, 0.4) is 0 Å². The van der Waals surface area contributed by atoms with Gasteiger partial charge in [0.2, 0.25) is 0 Å². The van der Waals surface area contributed by atoms with Crippen molar-refractivity contribution in [3.8, 4) is 0 Å². The van der Waals surface area contributed by atoms with Crippen LogP contribution in [-0.2, 0) is 4.74 Å². The van der Waals surface area contributed by atoms with Crippen molar-refractivity contribution < 1.29 is 14.6 Å². The molecule has 14 heavy (non-hydrogen) atoms. The summed E-state index contributed by atoms with van der Waals surface area (Å²) in [6.45, 7) is -0.188. The van der Waals surface area contributed by atoms with Gasteiger partial charge in [0.1, 0.15) is 0 Å². The van der Waals surface area contributed by atoms with Crippen LogP contribution in [-0.4, -0.2) is 29.8 Å². The Morgan fingerprint density at radius 1 is 1.71 bits per heavy atom. The first kappa shape index (κ1) is 10.6. The minimum Gasteiger partial charge on any atom is -0.465 e. The lowest BCUT2D eigenvalue weighted by Gasteiger charge is -2.08. The molecule has 0 amide bonds. The van der Waals surface area contributed by atoms with Crippen molar-refractivity contribution >= 4 is 5.97 Å². The van der Waals surface area contributed by atoms with E-state index >= 15 is 0 Å². The number of hydrogen-bond acceptors (Lipinski definition) is 5. The predicted molar refractivity (Wildman–Crippen MR) is 49.6 cm³/mol. The largest absolute Gasteiger partial charge is 0.465 e. The van der Waals surface area contributed by atoms with Crippen molar-refractivity contribution in [1.82, 2.24) is 4.98 Å². The number of esters is 1. The molecule has 0 spiro atoms. The second kappa shape index (κ2) is 4.69. The van der Waals surface area contributed by atoms with Gasteiger partial charge in [0.25, 0.3) is 0 Å². The van der Waals surface area contributed by atoms with E-state index < -0.39 is 12.0 Å². The normalized spacial score (nSPS) is 12.2. The number of methoxy groups -OCH3 is 1. The van der Waals surface area contributed by atoms with Gasteiger partial charge in [0.15, 0.2) is 0 Å². The number of carbonyl (C=O) groups is 1. The van der Waals surface area contributed by atoms with E-state index in [4.69, 9.17) is 10.8 Å². The second-order valence-electron chi connectivity index (χ2n) is 2.79. The van der Waals surface area contributed by atoms with Gasteiger partial charge in [-0.15, -0.1) is 0 Å². The first-order valence-electron chi connectivity index (χ1n) is 4.08. The zero-order valence-electron chi connectivity index (χ0n) is 7.80. The number of nitrogens with two attached hydrogens (primary N) is 1. The molecule has 0 saturated heterocycles. The van der Waals surface area contributed by atoms with E-state index in [-0.39, 0.29) is 6.61 Å². The minimum absolute atomic E-state index is 0.188. The molecule has 76 valence electrons. The fourth-order valence-corrected chi connectivity index (χ4v) is 0.995. The summed E-state index contributed by atoms with van der Waals surface area (Å²) in [6, 6.07) is 1.03. The van der Waals surface area contributed by atoms with Crippen LogP contribution in [0.25, 0.3) is 0 Å². The highest BCUT2D eigenvalue weighted by Gasteiger charge is 2.10. The molecule has 0 bridgehead atoms. The van der Waals surface area contributed by atoms with Crippen LogP contribution in [0.4, 0.5) is 0 Å². The lowest BCUT2D eigenvalue weighted by molar-refractivity contribution is 0.0600. The summed E-state index contributed by atoms with van der Waals surface area (Å²) in [4.78, 5) is 14.9. The van der Waals surface area contributed by atoms with E-state index in [1.54, 1.807) is 6.07 Å². The van der Waals surface area contributed by atoms with E-state index in [0.29, 0.717) is 11.1 Å². The third-order valence-electron chi connectivity index (χ3n) is 1.81. The van der Waals surface area contributed by atoms with Crippen LogP contribution < -0.4 is 5.73 Å². The maximum Gasteiger partial charge on any atom is 0.339 e. The molecule has 0 aliphatic rings. The molecule has 0 radical (unpaired) electrons. The summed E-state index contributed by atoms with van der Waals surface area (Å²) < 4.78 is 4.52. The number of ether oxygens (including phenoxy) is 1. The van der Waals surface area contributed by atoms with Crippen LogP contribution in [0.2, 0.25) is 0 Å². The Balaban J connectivity index is 2.95. The molecule has 1 rings (SSSR count). The molecular weight excluding hydrogens is 184 g/mol. The van der Waals surface area contributed by atoms with Crippen molar-refractivity contribution in [2.75, 3.05) is 13.7 Å². The number of aliphatic hydroxyl groups excluding tert-OH is 1. The van der Waals surface area contributed by atoms with Gasteiger partial charge in [-0.05, 0) is 11.6 Å². The van der Waals surface area contributed by atoms with E-state index in [2.05, 4.69) is 9.72 Å². The Kier molecular flexibility index (Phi) is 3.55. The number of nitrogens with zero attached hydrogens (tertiary/aromatic N) is 1. The molecule has 1 aromatic heterocycles. The highest BCUT2D eigenvalue weighted by atomic mass is 16.5. The SMILES string of the molecule is COC(=O)c1cncc(C(N)CO)c1. The first-order chi connectivity index (χ1) is 6.69. The highest BCUT2D eigenvalue weighted by Crippen LogP contribution is 2.10. The highest BCUT2D eigenvalue weighted by molar-refractivity contribution is 5.89. The van der Waals surface area contributed by atoms with Crippen molar-refractivity contribution in [3.05, 3.63) is 29.6 Å². The number of aromatic nitrogens is 1. The minimum atomic E-state index is -0.521. The average Bonchev–Trinajstić information content (AvgIpc) is 2.27. The van der Waals surface area contributed by atoms with Gasteiger partial charge in [-0.25, -0.2) is 4.79 Å². The zero-order chi connectivity index (χ0) is 10.6. The third kappa shape index (κ3) is 2.27. The second-order valence-corrected chi connectivity index (χ2v) is 2.79. The maximum atomic E-state index is 11.1. The molecular formula is C9H12N2O3. The van der Waals surface area contributed by atoms with Crippen molar-refractivity contribution in [3.63, 3.8) is 0 Å². The molecule has 1 unspecified atom stereocenters. The topological polar surface area (TPSA) is 85.4 Å². The van der Waals surface area contributed by atoms with Crippen LogP contribution >= 0.6 is 0 Å². The van der Waals surface area contributed by atoms with Crippen molar-refractivity contribution in [1.29, 1.82) is 0 Å². The Labute approximate surface area is 81.5 Å². The maximum absolute atomic E-state index is 11.1. The van der Waals surface area contributed by atoms with E-state index in [1.165, 1.54) is 19.5 Å². The predicted octanol–water partition coefficient (Wildman–Crippen LogP) is -0.140. The smallest absolute Gasteiger partial charge is 0.339 e. The lowest BCUT2D eigenvalue weighted by atomic mass is 10.1. The molecule has 0 aromatic carbocycles. The molecule has 5 nitrogen and oxygen atoms in total. The summed E-state index contributed by atoms with van der Waals surface area (Å²) in [5.41, 5.74) is 6.50. The number of pyridine rings is 1. The van der Waals surface area contributed by atoms with Crippen molar-refractivity contribution in [2.45, 2.75) is 6.04 Å². The van der Waals surface area contributed by atoms with Gasteiger partial charge in [0, 0.05) is 12.4 Å². The molecule has 3 N–H and O–H groups in total. The quantitative estimate of drug-likeness (QED) is 0.657. The van der Waals surface area contributed by atoms with Gasteiger partial charge in [-0.3, -0.25) is 4.98 Å². The molecule has 1 atom stereocenters. The van der Waals surface area contributed by atoms with Crippen LogP contribution in [0, 0.1) is 0 Å². The first-order valence-corrected chi connectivity index (χ1v) is 4.08. The lowest BCUT2D eigenvalue weighted by Crippen LogP contribution is -2.15. The fourth-order valence-electron chi connectivity index (χ4n) is 0.995.